The van der Waals surface area contributed by atoms with Gasteiger partial charge in [0.1, 0.15) is 0 Å². The van der Waals surface area contributed by atoms with Crippen LogP contribution in [0.25, 0.3) is 11.0 Å². The van der Waals surface area contributed by atoms with Crippen molar-refractivity contribution in [3.05, 3.63) is 30.1 Å². The topological polar surface area (TPSA) is 17.8 Å². The second kappa shape index (κ2) is 3.21. The number of rotatable bonds is 2. The average Bonchev–Trinajstić information content (AvgIpc) is 2.50. The van der Waals surface area contributed by atoms with Gasteiger partial charge in [-0.05, 0) is 18.1 Å². The molecule has 0 aliphatic heterocycles. The van der Waals surface area contributed by atoms with Crippen molar-refractivity contribution < 1.29 is 0 Å². The van der Waals surface area contributed by atoms with E-state index >= 15 is 0 Å². The van der Waals surface area contributed by atoms with E-state index in [1.54, 1.807) is 0 Å². The van der Waals surface area contributed by atoms with Gasteiger partial charge in [-0.15, -0.1) is 0 Å². The fraction of sp³-hybridized carbons (Fsp3) is 0.364. The lowest BCUT2D eigenvalue weighted by Crippen LogP contribution is -1.87. The molecule has 0 aliphatic carbocycles. The number of para-hydroxylation sites is 1. The third-order valence-corrected chi connectivity index (χ3v) is 2.36. The quantitative estimate of drug-likeness (QED) is 0.684. The molecule has 0 unspecified atom stereocenters. The summed E-state index contributed by atoms with van der Waals surface area (Å²) in [6.45, 7) is 2.20. The van der Waals surface area contributed by atoms with E-state index in [0.717, 1.165) is 11.9 Å². The highest BCUT2D eigenvalue weighted by Gasteiger charge is 2.03. The first-order valence-electron chi connectivity index (χ1n) is 4.72. The SMILES string of the molecule is CCCc1cccc2c1ncn2C. The summed E-state index contributed by atoms with van der Waals surface area (Å²) in [7, 11) is 2.03. The van der Waals surface area contributed by atoms with Crippen molar-refractivity contribution in [2.24, 2.45) is 7.05 Å². The third-order valence-electron chi connectivity index (χ3n) is 2.36. The maximum absolute atomic E-state index is 4.40. The van der Waals surface area contributed by atoms with Crippen molar-refractivity contribution >= 4 is 11.0 Å². The molecule has 0 spiro atoms. The number of hydrogen-bond donors (Lipinski definition) is 0. The van der Waals surface area contributed by atoms with Gasteiger partial charge in [-0.25, -0.2) is 4.98 Å². The van der Waals surface area contributed by atoms with E-state index in [1.165, 1.54) is 17.5 Å². The zero-order chi connectivity index (χ0) is 9.26. The molecule has 0 atom stereocenters. The van der Waals surface area contributed by atoms with Gasteiger partial charge in [0.25, 0.3) is 0 Å². The smallest absolute Gasteiger partial charge is 0.0955 e. The van der Waals surface area contributed by atoms with E-state index in [2.05, 4.69) is 34.7 Å². The summed E-state index contributed by atoms with van der Waals surface area (Å²) in [5.41, 5.74) is 3.75. The lowest BCUT2D eigenvalue weighted by Gasteiger charge is -2.00. The van der Waals surface area contributed by atoms with E-state index in [9.17, 15) is 0 Å². The zero-order valence-electron chi connectivity index (χ0n) is 8.12. The lowest BCUT2D eigenvalue weighted by atomic mass is 10.1. The van der Waals surface area contributed by atoms with Crippen molar-refractivity contribution in [1.82, 2.24) is 9.55 Å². The van der Waals surface area contributed by atoms with Gasteiger partial charge in [-0.1, -0.05) is 25.5 Å². The molecule has 2 rings (SSSR count). The monoisotopic (exact) mass is 174 g/mol. The molecular formula is C11H14N2. The molecular weight excluding hydrogens is 160 g/mol. The summed E-state index contributed by atoms with van der Waals surface area (Å²) in [6, 6.07) is 6.38. The predicted octanol–water partition coefficient (Wildman–Crippen LogP) is 2.53. The lowest BCUT2D eigenvalue weighted by molar-refractivity contribution is 0.927. The number of aryl methyl sites for hydroxylation is 2. The van der Waals surface area contributed by atoms with Gasteiger partial charge < -0.3 is 4.57 Å². The van der Waals surface area contributed by atoms with Crippen LogP contribution in [0.4, 0.5) is 0 Å². The molecule has 0 aliphatic rings. The Morgan fingerprint density at radius 3 is 3.00 bits per heavy atom. The maximum atomic E-state index is 4.40. The molecule has 0 radical (unpaired) electrons. The first-order chi connectivity index (χ1) is 6.33. The fourth-order valence-corrected chi connectivity index (χ4v) is 1.69. The Kier molecular flexibility index (Phi) is 2.05. The predicted molar refractivity (Wildman–Crippen MR) is 54.7 cm³/mol. The van der Waals surface area contributed by atoms with Crippen LogP contribution in [0.1, 0.15) is 18.9 Å². The minimum Gasteiger partial charge on any atom is -0.334 e. The van der Waals surface area contributed by atoms with Crippen LogP contribution in [0.2, 0.25) is 0 Å². The van der Waals surface area contributed by atoms with E-state index in [0.29, 0.717) is 0 Å². The molecule has 2 aromatic rings. The maximum Gasteiger partial charge on any atom is 0.0955 e. The van der Waals surface area contributed by atoms with E-state index < -0.39 is 0 Å². The third kappa shape index (κ3) is 1.32. The van der Waals surface area contributed by atoms with Gasteiger partial charge in [0.2, 0.25) is 0 Å². The molecule has 0 bridgehead atoms. The largest absolute Gasteiger partial charge is 0.334 e. The highest BCUT2D eigenvalue weighted by Crippen LogP contribution is 2.17. The summed E-state index contributed by atoms with van der Waals surface area (Å²) in [6.07, 6.45) is 4.17. The highest BCUT2D eigenvalue weighted by atomic mass is 15.0. The molecule has 2 heteroatoms. The molecule has 0 saturated heterocycles. The molecule has 13 heavy (non-hydrogen) atoms. The molecule has 0 saturated carbocycles. The van der Waals surface area contributed by atoms with Crippen LogP contribution < -0.4 is 0 Å². The van der Waals surface area contributed by atoms with Gasteiger partial charge in [-0.2, -0.15) is 0 Å². The van der Waals surface area contributed by atoms with Gasteiger partial charge in [0, 0.05) is 7.05 Å². The summed E-state index contributed by atoms with van der Waals surface area (Å²) in [4.78, 5) is 4.40. The fourth-order valence-electron chi connectivity index (χ4n) is 1.69. The number of hydrogen-bond acceptors (Lipinski definition) is 1. The standard InChI is InChI=1S/C11H14N2/c1-3-5-9-6-4-7-10-11(9)12-8-13(10)2/h4,6-8H,3,5H2,1-2H3. The van der Waals surface area contributed by atoms with Crippen LogP contribution in [0.15, 0.2) is 24.5 Å². The van der Waals surface area contributed by atoms with Gasteiger partial charge in [0.15, 0.2) is 0 Å². The van der Waals surface area contributed by atoms with Gasteiger partial charge in [-0.3, -0.25) is 0 Å². The number of nitrogens with zero attached hydrogens (tertiary/aromatic N) is 2. The minimum absolute atomic E-state index is 1.12. The van der Waals surface area contributed by atoms with Crippen molar-refractivity contribution in [2.75, 3.05) is 0 Å². The Bertz CT molecular complexity index is 415. The minimum atomic E-state index is 1.12. The first kappa shape index (κ1) is 8.30. The average molecular weight is 174 g/mol. The Morgan fingerprint density at radius 1 is 1.38 bits per heavy atom. The number of benzene rings is 1. The summed E-state index contributed by atoms with van der Waals surface area (Å²) < 4.78 is 2.06. The van der Waals surface area contributed by atoms with Crippen molar-refractivity contribution in [3.8, 4) is 0 Å². The van der Waals surface area contributed by atoms with Crippen molar-refractivity contribution in [3.63, 3.8) is 0 Å². The van der Waals surface area contributed by atoms with Crippen molar-refractivity contribution in [2.45, 2.75) is 19.8 Å². The molecule has 2 nitrogen and oxygen atoms in total. The Morgan fingerprint density at radius 2 is 2.23 bits per heavy atom. The molecule has 0 amide bonds. The molecule has 0 fully saturated rings. The highest BCUT2D eigenvalue weighted by molar-refractivity contribution is 5.78. The normalized spacial score (nSPS) is 10.9. The van der Waals surface area contributed by atoms with E-state index in [4.69, 9.17) is 0 Å². The van der Waals surface area contributed by atoms with Crippen LogP contribution >= 0.6 is 0 Å². The summed E-state index contributed by atoms with van der Waals surface area (Å²) in [5.74, 6) is 0. The van der Waals surface area contributed by atoms with E-state index in [1.807, 2.05) is 13.4 Å². The zero-order valence-corrected chi connectivity index (χ0v) is 8.12. The van der Waals surface area contributed by atoms with E-state index in [-0.39, 0.29) is 0 Å². The Labute approximate surface area is 78.2 Å². The molecule has 1 heterocycles. The van der Waals surface area contributed by atoms with Crippen LogP contribution in [0.3, 0.4) is 0 Å². The van der Waals surface area contributed by atoms with Gasteiger partial charge >= 0.3 is 0 Å². The summed E-state index contributed by atoms with van der Waals surface area (Å²) >= 11 is 0. The molecule has 1 aromatic heterocycles. The van der Waals surface area contributed by atoms with Crippen LogP contribution in [0, 0.1) is 0 Å². The summed E-state index contributed by atoms with van der Waals surface area (Å²) in [5, 5.41) is 0. The molecule has 68 valence electrons. The van der Waals surface area contributed by atoms with Crippen LogP contribution in [0.5, 0.6) is 0 Å². The number of imidazole rings is 1. The first-order valence-corrected chi connectivity index (χ1v) is 4.72. The second-order valence-corrected chi connectivity index (χ2v) is 3.39. The van der Waals surface area contributed by atoms with Crippen LogP contribution in [-0.2, 0) is 13.5 Å². The Hall–Kier alpha value is -1.31. The molecule has 1 aromatic carbocycles. The Balaban J connectivity index is 2.63. The van der Waals surface area contributed by atoms with Crippen molar-refractivity contribution in [1.29, 1.82) is 0 Å². The number of aromatic nitrogens is 2. The van der Waals surface area contributed by atoms with Gasteiger partial charge in [0.05, 0.1) is 17.4 Å². The second-order valence-electron chi connectivity index (χ2n) is 3.39. The molecule has 0 N–H and O–H groups in total. The number of fused-ring (bicyclic) bond motifs is 1. The van der Waals surface area contributed by atoms with Crippen LogP contribution in [-0.4, -0.2) is 9.55 Å².